The minimum absolute atomic E-state index is 0.182. The summed E-state index contributed by atoms with van der Waals surface area (Å²) in [6.07, 6.45) is 5.11. The fourth-order valence-corrected chi connectivity index (χ4v) is 2.79. The van der Waals surface area contributed by atoms with E-state index in [1.807, 2.05) is 38.1 Å². The van der Waals surface area contributed by atoms with E-state index in [0.717, 1.165) is 24.0 Å². The van der Waals surface area contributed by atoms with Gasteiger partial charge in [-0.15, -0.1) is 0 Å². The predicted octanol–water partition coefficient (Wildman–Crippen LogP) is 4.16. The van der Waals surface area contributed by atoms with Gasteiger partial charge < -0.3 is 10.3 Å². The van der Waals surface area contributed by atoms with Crippen LogP contribution in [0.15, 0.2) is 46.4 Å². The standard InChI is InChI=1S/C18H19FN4O.C2H6/c1-3-12-6-4-5-7-14(12)18(8-9-18)17-22-16(24-23-17)15(20)10-13(11-19)21-2;1-2/h3-7,10H,1,8-9,11,20H2,2H3;1-2H3/b15-10-,21-13?;. The van der Waals surface area contributed by atoms with Gasteiger partial charge in [-0.2, -0.15) is 4.98 Å². The number of nitrogens with zero attached hydrogens (tertiary/aromatic N) is 3. The Hall–Kier alpha value is -2.76. The molecule has 6 heteroatoms. The summed E-state index contributed by atoms with van der Waals surface area (Å²) in [5.74, 6) is 0.778. The van der Waals surface area contributed by atoms with Crippen molar-refractivity contribution in [3.05, 3.63) is 59.8 Å². The minimum Gasteiger partial charge on any atom is -0.394 e. The molecule has 2 N–H and O–H groups in total. The normalized spacial score (nSPS) is 15.8. The summed E-state index contributed by atoms with van der Waals surface area (Å²) in [5.41, 5.74) is 8.29. The molecule has 26 heavy (non-hydrogen) atoms. The van der Waals surface area contributed by atoms with Crippen LogP contribution in [-0.2, 0) is 5.41 Å². The van der Waals surface area contributed by atoms with E-state index in [1.54, 1.807) is 0 Å². The molecule has 2 aromatic rings. The summed E-state index contributed by atoms with van der Waals surface area (Å²) in [4.78, 5) is 8.23. The molecule has 0 radical (unpaired) electrons. The molecular weight excluding hydrogens is 331 g/mol. The summed E-state index contributed by atoms with van der Waals surface area (Å²) >= 11 is 0. The predicted molar refractivity (Wildman–Crippen MR) is 104 cm³/mol. The molecule has 1 fully saturated rings. The van der Waals surface area contributed by atoms with E-state index in [2.05, 4.69) is 27.8 Å². The topological polar surface area (TPSA) is 77.3 Å². The first-order chi connectivity index (χ1) is 12.6. The van der Waals surface area contributed by atoms with Crippen LogP contribution in [0.5, 0.6) is 0 Å². The Balaban J connectivity index is 0.00000117. The molecule has 5 nitrogen and oxygen atoms in total. The van der Waals surface area contributed by atoms with E-state index in [9.17, 15) is 4.39 Å². The molecule has 0 spiro atoms. The SMILES string of the molecule is C=Cc1ccccc1C1(c2noc(/C(N)=C/C(CF)=NC)n2)CC1.CC. The Bertz CT molecular complexity index is 819. The number of allylic oxidation sites excluding steroid dienone is 1. The van der Waals surface area contributed by atoms with Gasteiger partial charge in [0.1, 0.15) is 6.67 Å². The van der Waals surface area contributed by atoms with Gasteiger partial charge in [0.15, 0.2) is 5.82 Å². The van der Waals surface area contributed by atoms with Crippen molar-refractivity contribution in [1.29, 1.82) is 0 Å². The van der Waals surface area contributed by atoms with Gasteiger partial charge in [0.2, 0.25) is 0 Å². The van der Waals surface area contributed by atoms with Crippen LogP contribution in [0.2, 0.25) is 0 Å². The molecule has 138 valence electrons. The van der Waals surface area contributed by atoms with Crippen LogP contribution in [-0.4, -0.2) is 29.6 Å². The molecule has 1 aliphatic carbocycles. The van der Waals surface area contributed by atoms with Gasteiger partial charge in [-0.25, -0.2) is 4.39 Å². The zero-order valence-corrected chi connectivity index (χ0v) is 15.5. The zero-order valence-electron chi connectivity index (χ0n) is 15.5. The van der Waals surface area contributed by atoms with Crippen LogP contribution in [0.3, 0.4) is 0 Å². The molecule has 1 aliphatic rings. The lowest BCUT2D eigenvalue weighted by Crippen LogP contribution is -2.13. The third kappa shape index (κ3) is 3.74. The fraction of sp³-hybridized carbons (Fsp3) is 0.350. The third-order valence-electron chi connectivity index (χ3n) is 4.29. The number of hydrogen-bond donors (Lipinski definition) is 1. The Kier molecular flexibility index (Phi) is 6.44. The first-order valence-corrected chi connectivity index (χ1v) is 8.70. The van der Waals surface area contributed by atoms with Gasteiger partial charge in [0, 0.05) is 7.05 Å². The molecule has 0 unspecified atom stereocenters. The van der Waals surface area contributed by atoms with Crippen LogP contribution in [0.4, 0.5) is 4.39 Å². The van der Waals surface area contributed by atoms with Crippen molar-refractivity contribution in [3.63, 3.8) is 0 Å². The maximum atomic E-state index is 12.7. The highest BCUT2D eigenvalue weighted by Gasteiger charge is 2.50. The first kappa shape index (κ1) is 19.6. The van der Waals surface area contributed by atoms with Crippen molar-refractivity contribution in [2.75, 3.05) is 13.7 Å². The van der Waals surface area contributed by atoms with Gasteiger partial charge in [-0.05, 0) is 30.0 Å². The number of aromatic nitrogens is 2. The molecule has 0 aliphatic heterocycles. The number of rotatable bonds is 6. The molecular formula is C20H25FN4O. The van der Waals surface area contributed by atoms with Crippen LogP contribution < -0.4 is 5.73 Å². The molecule has 1 saturated carbocycles. The van der Waals surface area contributed by atoms with E-state index in [0.29, 0.717) is 5.82 Å². The second-order valence-electron chi connectivity index (χ2n) is 5.74. The van der Waals surface area contributed by atoms with Crippen molar-refractivity contribution in [3.8, 4) is 0 Å². The van der Waals surface area contributed by atoms with E-state index < -0.39 is 6.67 Å². The Labute approximate surface area is 153 Å². The van der Waals surface area contributed by atoms with Crippen LogP contribution >= 0.6 is 0 Å². The average molecular weight is 356 g/mol. The lowest BCUT2D eigenvalue weighted by molar-refractivity contribution is 0.396. The third-order valence-corrected chi connectivity index (χ3v) is 4.29. The van der Waals surface area contributed by atoms with Crippen LogP contribution in [0.25, 0.3) is 11.8 Å². The monoisotopic (exact) mass is 356 g/mol. The highest BCUT2D eigenvalue weighted by molar-refractivity contribution is 6.00. The maximum absolute atomic E-state index is 12.7. The number of alkyl halides is 1. The fourth-order valence-electron chi connectivity index (χ4n) is 2.79. The summed E-state index contributed by atoms with van der Waals surface area (Å²) < 4.78 is 18.0. The number of hydrogen-bond acceptors (Lipinski definition) is 5. The van der Waals surface area contributed by atoms with Gasteiger partial charge in [0.05, 0.1) is 16.8 Å². The lowest BCUT2D eigenvalue weighted by Gasteiger charge is -2.14. The Morgan fingerprint density at radius 3 is 2.65 bits per heavy atom. The number of benzene rings is 1. The average Bonchev–Trinajstić information content (AvgIpc) is 3.36. The smallest absolute Gasteiger partial charge is 0.273 e. The minimum atomic E-state index is -0.700. The number of aliphatic imine (C=N–C) groups is 1. The molecule has 0 saturated heterocycles. The highest BCUT2D eigenvalue weighted by atomic mass is 19.1. The van der Waals surface area contributed by atoms with E-state index in [4.69, 9.17) is 10.3 Å². The molecule has 3 rings (SSSR count). The first-order valence-electron chi connectivity index (χ1n) is 8.70. The lowest BCUT2D eigenvalue weighted by atomic mass is 9.90. The maximum Gasteiger partial charge on any atom is 0.273 e. The largest absolute Gasteiger partial charge is 0.394 e. The Morgan fingerprint density at radius 2 is 2.08 bits per heavy atom. The quantitative estimate of drug-likeness (QED) is 0.789. The molecule has 1 heterocycles. The summed E-state index contributed by atoms with van der Waals surface area (Å²) in [5, 5.41) is 4.11. The van der Waals surface area contributed by atoms with Gasteiger partial charge >= 0.3 is 0 Å². The van der Waals surface area contributed by atoms with Crippen molar-refractivity contribution >= 4 is 17.5 Å². The van der Waals surface area contributed by atoms with Gasteiger partial charge in [-0.3, -0.25) is 4.99 Å². The molecule has 1 aromatic carbocycles. The second-order valence-corrected chi connectivity index (χ2v) is 5.74. The zero-order chi connectivity index (χ0) is 19.2. The van der Waals surface area contributed by atoms with E-state index in [-0.39, 0.29) is 22.7 Å². The molecule has 0 amide bonds. The summed E-state index contributed by atoms with van der Waals surface area (Å²) in [6.45, 7) is 7.17. The van der Waals surface area contributed by atoms with Crippen molar-refractivity contribution in [2.24, 2.45) is 10.7 Å². The molecule has 1 aromatic heterocycles. The van der Waals surface area contributed by atoms with E-state index in [1.165, 1.54) is 13.1 Å². The summed E-state index contributed by atoms with van der Waals surface area (Å²) in [6, 6.07) is 8.04. The van der Waals surface area contributed by atoms with Crippen LogP contribution in [0.1, 0.15) is 49.5 Å². The van der Waals surface area contributed by atoms with Gasteiger partial charge in [-0.1, -0.05) is 55.9 Å². The molecule has 0 bridgehead atoms. The summed E-state index contributed by atoms with van der Waals surface area (Å²) in [7, 11) is 1.50. The van der Waals surface area contributed by atoms with Gasteiger partial charge in [0.25, 0.3) is 5.89 Å². The second kappa shape index (κ2) is 8.56. The van der Waals surface area contributed by atoms with Crippen molar-refractivity contribution in [1.82, 2.24) is 10.1 Å². The van der Waals surface area contributed by atoms with Crippen molar-refractivity contribution in [2.45, 2.75) is 32.1 Å². The van der Waals surface area contributed by atoms with E-state index >= 15 is 0 Å². The molecule has 0 atom stereocenters. The highest BCUT2D eigenvalue weighted by Crippen LogP contribution is 2.53. The Morgan fingerprint density at radius 1 is 1.38 bits per heavy atom. The number of nitrogens with two attached hydrogens (primary N) is 1. The number of halogens is 1. The van der Waals surface area contributed by atoms with Crippen LogP contribution in [0, 0.1) is 0 Å². The van der Waals surface area contributed by atoms with Crippen molar-refractivity contribution < 1.29 is 8.91 Å².